The van der Waals surface area contributed by atoms with Crippen molar-refractivity contribution in [1.82, 2.24) is 19.8 Å². The standard InChI is InChI=1S/C24H32N6O6S/c25-24(26)30-9-12-36-19(16-30)15-27-22(31)14-21(23(32)29-7-10-35-11-8-29)28-37(33,34)20-6-5-17-3-1-2-4-18(17)13-20/h1-6,13,19,21,28H,7-12,14-16H2,(H3,25,26)(H,27,31)/t19?,21-/m0/s1. The van der Waals surface area contributed by atoms with Crippen molar-refractivity contribution in [2.24, 2.45) is 5.73 Å². The minimum Gasteiger partial charge on any atom is -0.378 e. The average molecular weight is 533 g/mol. The zero-order valence-corrected chi connectivity index (χ0v) is 21.2. The summed E-state index contributed by atoms with van der Waals surface area (Å²) in [5.41, 5.74) is 5.54. The van der Waals surface area contributed by atoms with E-state index in [-0.39, 0.29) is 29.9 Å². The number of fused-ring (bicyclic) bond motifs is 1. The van der Waals surface area contributed by atoms with Crippen molar-refractivity contribution in [2.75, 3.05) is 52.5 Å². The van der Waals surface area contributed by atoms with Crippen molar-refractivity contribution >= 4 is 38.6 Å². The highest BCUT2D eigenvalue weighted by Crippen LogP contribution is 2.20. The molecule has 2 amide bonds. The summed E-state index contributed by atoms with van der Waals surface area (Å²) in [6.45, 7) is 2.65. The van der Waals surface area contributed by atoms with E-state index in [1.54, 1.807) is 17.0 Å². The molecule has 37 heavy (non-hydrogen) atoms. The van der Waals surface area contributed by atoms with E-state index in [4.69, 9.17) is 20.6 Å². The molecule has 0 aliphatic carbocycles. The predicted molar refractivity (Wildman–Crippen MR) is 136 cm³/mol. The SMILES string of the molecule is N=C(N)N1CCOC(CNC(=O)C[C@H](NS(=O)(=O)c2ccc3ccccc3c2)C(=O)N2CCOCC2)C1. The van der Waals surface area contributed by atoms with Gasteiger partial charge < -0.3 is 30.3 Å². The van der Waals surface area contributed by atoms with Gasteiger partial charge in [-0.3, -0.25) is 15.0 Å². The Bertz CT molecular complexity index is 1250. The van der Waals surface area contributed by atoms with Gasteiger partial charge in [0.25, 0.3) is 0 Å². The van der Waals surface area contributed by atoms with Crippen LogP contribution in [-0.4, -0.2) is 101 Å². The maximum Gasteiger partial charge on any atom is 0.241 e. The Morgan fingerprint density at radius 2 is 1.76 bits per heavy atom. The molecule has 0 aromatic heterocycles. The normalized spacial score (nSPS) is 19.4. The number of guanidine groups is 1. The highest BCUT2D eigenvalue weighted by molar-refractivity contribution is 7.89. The first-order valence-electron chi connectivity index (χ1n) is 12.1. The first-order valence-corrected chi connectivity index (χ1v) is 13.6. The highest BCUT2D eigenvalue weighted by atomic mass is 32.2. The minimum absolute atomic E-state index is 0.00585. The summed E-state index contributed by atoms with van der Waals surface area (Å²) >= 11 is 0. The summed E-state index contributed by atoms with van der Waals surface area (Å²) in [6, 6.07) is 10.8. The molecule has 0 bridgehead atoms. The van der Waals surface area contributed by atoms with Crippen LogP contribution in [0.1, 0.15) is 6.42 Å². The highest BCUT2D eigenvalue weighted by Gasteiger charge is 2.32. The Labute approximate surface area is 215 Å². The van der Waals surface area contributed by atoms with Crippen molar-refractivity contribution in [3.8, 4) is 0 Å². The van der Waals surface area contributed by atoms with Crippen molar-refractivity contribution in [1.29, 1.82) is 5.41 Å². The predicted octanol–water partition coefficient (Wildman–Crippen LogP) is -0.554. The van der Waals surface area contributed by atoms with E-state index < -0.39 is 27.9 Å². The molecule has 2 fully saturated rings. The largest absolute Gasteiger partial charge is 0.378 e. The van der Waals surface area contributed by atoms with Crippen LogP contribution in [0.5, 0.6) is 0 Å². The first-order chi connectivity index (χ1) is 17.7. The zero-order chi connectivity index (χ0) is 26.4. The molecular formula is C24H32N6O6S. The Balaban J connectivity index is 1.46. The van der Waals surface area contributed by atoms with E-state index in [2.05, 4.69) is 10.0 Å². The Hall–Kier alpha value is -3.26. The second-order valence-corrected chi connectivity index (χ2v) is 10.7. The van der Waals surface area contributed by atoms with Gasteiger partial charge in [-0.1, -0.05) is 30.3 Å². The third kappa shape index (κ3) is 6.95. The lowest BCUT2D eigenvalue weighted by Crippen LogP contribution is -2.54. The number of hydrogen-bond donors (Lipinski definition) is 4. The Kier molecular flexibility index (Phi) is 8.59. The maximum atomic E-state index is 13.3. The van der Waals surface area contributed by atoms with Gasteiger partial charge in [0.05, 0.1) is 37.2 Å². The van der Waals surface area contributed by atoms with E-state index in [9.17, 15) is 18.0 Å². The van der Waals surface area contributed by atoms with Crippen LogP contribution in [0.3, 0.4) is 0 Å². The molecule has 5 N–H and O–H groups in total. The molecule has 12 nitrogen and oxygen atoms in total. The minimum atomic E-state index is -4.11. The number of carbonyl (C=O) groups is 2. The number of morpholine rings is 2. The number of carbonyl (C=O) groups excluding carboxylic acids is 2. The van der Waals surface area contributed by atoms with Gasteiger partial charge in [0, 0.05) is 32.7 Å². The molecule has 2 heterocycles. The molecule has 2 aliphatic heterocycles. The number of nitrogens with two attached hydrogens (primary N) is 1. The monoisotopic (exact) mass is 532 g/mol. The van der Waals surface area contributed by atoms with Crippen LogP contribution < -0.4 is 15.8 Å². The van der Waals surface area contributed by atoms with Gasteiger partial charge in [0.2, 0.25) is 21.8 Å². The molecule has 1 unspecified atom stereocenters. The molecule has 0 spiro atoms. The average Bonchev–Trinajstić information content (AvgIpc) is 2.91. The van der Waals surface area contributed by atoms with Crippen LogP contribution in [0.25, 0.3) is 10.8 Å². The lowest BCUT2D eigenvalue weighted by atomic mass is 10.1. The number of nitrogens with zero attached hydrogens (tertiary/aromatic N) is 2. The van der Waals surface area contributed by atoms with Crippen LogP contribution in [-0.2, 0) is 29.1 Å². The molecule has 0 radical (unpaired) electrons. The summed E-state index contributed by atoms with van der Waals surface area (Å²) < 4.78 is 39.9. The summed E-state index contributed by atoms with van der Waals surface area (Å²) in [7, 11) is -4.11. The van der Waals surface area contributed by atoms with Crippen molar-refractivity contribution in [3.63, 3.8) is 0 Å². The van der Waals surface area contributed by atoms with Crippen LogP contribution in [0, 0.1) is 5.41 Å². The van der Waals surface area contributed by atoms with Gasteiger partial charge in [0.1, 0.15) is 6.04 Å². The van der Waals surface area contributed by atoms with Crippen molar-refractivity contribution in [3.05, 3.63) is 42.5 Å². The van der Waals surface area contributed by atoms with Gasteiger partial charge in [-0.2, -0.15) is 4.72 Å². The fourth-order valence-corrected chi connectivity index (χ4v) is 5.54. The first kappa shape index (κ1) is 26.8. The molecule has 2 aliphatic rings. The Morgan fingerprint density at radius 3 is 2.49 bits per heavy atom. The molecular weight excluding hydrogens is 500 g/mol. The Morgan fingerprint density at radius 1 is 1.05 bits per heavy atom. The lowest BCUT2D eigenvalue weighted by molar-refractivity contribution is -0.139. The second-order valence-electron chi connectivity index (χ2n) is 8.95. The van der Waals surface area contributed by atoms with Crippen LogP contribution in [0.2, 0.25) is 0 Å². The molecule has 2 atom stereocenters. The van der Waals surface area contributed by atoms with E-state index in [0.717, 1.165) is 10.8 Å². The lowest BCUT2D eigenvalue weighted by Gasteiger charge is -2.33. The van der Waals surface area contributed by atoms with E-state index in [1.165, 1.54) is 17.0 Å². The van der Waals surface area contributed by atoms with Crippen LogP contribution in [0.4, 0.5) is 0 Å². The summed E-state index contributed by atoms with van der Waals surface area (Å²) in [5.74, 6) is -1.06. The van der Waals surface area contributed by atoms with Gasteiger partial charge in [0.15, 0.2) is 5.96 Å². The molecule has 13 heteroatoms. The molecule has 2 aromatic rings. The van der Waals surface area contributed by atoms with Crippen LogP contribution >= 0.6 is 0 Å². The number of nitrogens with one attached hydrogen (secondary N) is 3. The van der Waals surface area contributed by atoms with E-state index in [1.807, 2.05) is 18.2 Å². The molecule has 0 saturated carbocycles. The van der Waals surface area contributed by atoms with Gasteiger partial charge >= 0.3 is 0 Å². The third-order valence-corrected chi connectivity index (χ3v) is 7.81. The number of amides is 2. The number of rotatable bonds is 8. The molecule has 4 rings (SSSR count). The topological polar surface area (TPSA) is 167 Å². The van der Waals surface area contributed by atoms with Gasteiger partial charge in [-0.15, -0.1) is 0 Å². The molecule has 2 aromatic carbocycles. The number of benzene rings is 2. The molecule has 200 valence electrons. The maximum absolute atomic E-state index is 13.3. The fourth-order valence-electron chi connectivity index (χ4n) is 4.32. The number of hydrogen-bond acceptors (Lipinski definition) is 7. The van der Waals surface area contributed by atoms with E-state index in [0.29, 0.717) is 46.0 Å². The van der Waals surface area contributed by atoms with E-state index >= 15 is 0 Å². The third-order valence-electron chi connectivity index (χ3n) is 6.35. The summed E-state index contributed by atoms with van der Waals surface area (Å²) in [5, 5.41) is 11.9. The van der Waals surface area contributed by atoms with Crippen LogP contribution in [0.15, 0.2) is 47.4 Å². The summed E-state index contributed by atoms with van der Waals surface area (Å²) in [6.07, 6.45) is -0.768. The number of sulfonamides is 1. The van der Waals surface area contributed by atoms with Crippen molar-refractivity contribution < 1.29 is 27.5 Å². The smallest absolute Gasteiger partial charge is 0.241 e. The van der Waals surface area contributed by atoms with Gasteiger partial charge in [-0.05, 0) is 22.9 Å². The second kappa shape index (κ2) is 11.9. The van der Waals surface area contributed by atoms with Gasteiger partial charge in [-0.25, -0.2) is 8.42 Å². The molecule has 2 saturated heterocycles. The number of ether oxygens (including phenoxy) is 2. The van der Waals surface area contributed by atoms with Crippen molar-refractivity contribution in [2.45, 2.75) is 23.5 Å². The zero-order valence-electron chi connectivity index (χ0n) is 20.4. The summed E-state index contributed by atoms with van der Waals surface area (Å²) in [4.78, 5) is 29.2. The quantitative estimate of drug-likeness (QED) is 0.259. The fraction of sp³-hybridized carbons (Fsp3) is 0.458.